The molecule has 1 aromatic heterocycles. The number of imide groups is 1. The molecule has 3 rings (SSSR count). The van der Waals surface area contributed by atoms with Crippen LogP contribution in [0.1, 0.15) is 5.56 Å². The summed E-state index contributed by atoms with van der Waals surface area (Å²) in [6, 6.07) is 5.08. The maximum absolute atomic E-state index is 12.8. The smallest absolute Gasteiger partial charge is 0.406 e. The van der Waals surface area contributed by atoms with Gasteiger partial charge in [0.25, 0.3) is 5.91 Å². The van der Waals surface area contributed by atoms with Crippen LogP contribution in [0.2, 0.25) is 0 Å². The molecule has 1 N–H and O–H groups in total. The highest BCUT2D eigenvalue weighted by Gasteiger charge is 2.38. The second kappa shape index (κ2) is 8.63. The van der Waals surface area contributed by atoms with Crippen molar-refractivity contribution in [3.8, 4) is 5.75 Å². The fourth-order valence-corrected chi connectivity index (χ4v) is 3.46. The lowest BCUT2D eigenvalue weighted by atomic mass is 10.2. The Hall–Kier alpha value is -3.39. The van der Waals surface area contributed by atoms with E-state index in [0.717, 1.165) is 33.5 Å². The minimum absolute atomic E-state index is 0.0697. The average molecular weight is 473 g/mol. The average Bonchev–Trinajstić information content (AvgIpc) is 2.96. The molecule has 0 saturated carbocycles. The van der Waals surface area contributed by atoms with Crippen LogP contribution in [0.4, 0.5) is 29.3 Å². The van der Waals surface area contributed by atoms with Crippen molar-refractivity contribution in [2.24, 2.45) is 0 Å². The van der Waals surface area contributed by atoms with E-state index in [2.05, 4.69) is 14.4 Å². The quantitative estimate of drug-likeness (QED) is 0.617. The molecular weight excluding hydrogens is 455 g/mol. The van der Waals surface area contributed by atoms with Gasteiger partial charge in [0.2, 0.25) is 0 Å². The van der Waals surface area contributed by atoms with Crippen LogP contribution < -0.4 is 14.4 Å². The van der Waals surface area contributed by atoms with Gasteiger partial charge in [-0.2, -0.15) is 12.7 Å². The summed E-state index contributed by atoms with van der Waals surface area (Å²) in [5, 5.41) is 0. The van der Waals surface area contributed by atoms with Crippen LogP contribution in [0.15, 0.2) is 42.7 Å². The van der Waals surface area contributed by atoms with Crippen LogP contribution >= 0.6 is 0 Å². The number of urea groups is 1. The zero-order valence-electron chi connectivity index (χ0n) is 16.8. The summed E-state index contributed by atoms with van der Waals surface area (Å²) in [5.41, 5.74) is 0.594. The lowest BCUT2D eigenvalue weighted by Gasteiger charge is -2.20. The maximum atomic E-state index is 12.8. The molecule has 2 heterocycles. The Morgan fingerprint density at radius 2 is 1.81 bits per heavy atom. The van der Waals surface area contributed by atoms with E-state index in [1.807, 2.05) is 0 Å². The molecule has 0 radical (unpaired) electrons. The molecule has 1 aliphatic heterocycles. The zero-order valence-corrected chi connectivity index (χ0v) is 17.6. The normalized spacial score (nSPS) is 14.9. The third-order valence-corrected chi connectivity index (χ3v) is 5.80. The summed E-state index contributed by atoms with van der Waals surface area (Å²) in [6.45, 7) is -0.411. The molecule has 0 bridgehead atoms. The van der Waals surface area contributed by atoms with Gasteiger partial charge in [-0.1, -0.05) is 0 Å². The summed E-state index contributed by atoms with van der Waals surface area (Å²) in [7, 11) is -1.16. The summed E-state index contributed by atoms with van der Waals surface area (Å²) < 4.78 is 68.2. The number of halogens is 3. The van der Waals surface area contributed by atoms with Gasteiger partial charge in [-0.25, -0.2) is 9.69 Å². The lowest BCUT2D eigenvalue weighted by molar-refractivity contribution is -0.274. The Bertz CT molecular complexity index is 1120. The van der Waals surface area contributed by atoms with Gasteiger partial charge in [-0.15, -0.1) is 13.2 Å². The Morgan fingerprint density at radius 3 is 2.41 bits per heavy atom. The number of carbonyl (C=O) groups is 2. The standard InChI is InChI=1S/C18H18F3N5O5S/c1-24(2)32(29,30)23-15-9-22-8-7-12(15)10-25-11-16(27)26(17(25)28)13-3-5-14(6-4-13)31-18(19,20)21/h3-9,23H,10-11H2,1-2H3. The summed E-state index contributed by atoms with van der Waals surface area (Å²) in [4.78, 5) is 31.1. The zero-order chi connectivity index (χ0) is 23.7. The van der Waals surface area contributed by atoms with Crippen molar-refractivity contribution >= 4 is 33.5 Å². The highest BCUT2D eigenvalue weighted by Crippen LogP contribution is 2.28. The van der Waals surface area contributed by atoms with E-state index in [1.54, 1.807) is 0 Å². The van der Waals surface area contributed by atoms with Gasteiger partial charge < -0.3 is 9.64 Å². The monoisotopic (exact) mass is 473 g/mol. The molecule has 2 aromatic rings. The van der Waals surface area contributed by atoms with E-state index in [4.69, 9.17) is 0 Å². The van der Waals surface area contributed by atoms with Gasteiger partial charge in [0, 0.05) is 20.3 Å². The fraction of sp³-hybridized carbons (Fsp3) is 0.278. The number of hydrogen-bond donors (Lipinski definition) is 1. The molecule has 1 aliphatic rings. The van der Waals surface area contributed by atoms with E-state index in [-0.39, 0.29) is 24.5 Å². The summed E-state index contributed by atoms with van der Waals surface area (Å²) in [6.07, 6.45) is -2.19. The molecule has 0 atom stereocenters. The number of aromatic nitrogens is 1. The van der Waals surface area contributed by atoms with Gasteiger partial charge in [0.05, 0.1) is 24.1 Å². The molecule has 3 amide bonds. The van der Waals surface area contributed by atoms with Gasteiger partial charge >= 0.3 is 22.6 Å². The van der Waals surface area contributed by atoms with Crippen molar-refractivity contribution in [1.29, 1.82) is 0 Å². The van der Waals surface area contributed by atoms with Crippen molar-refractivity contribution in [3.63, 3.8) is 0 Å². The van der Waals surface area contributed by atoms with Gasteiger partial charge in [0.1, 0.15) is 12.3 Å². The Balaban J connectivity index is 1.78. The highest BCUT2D eigenvalue weighted by atomic mass is 32.2. The predicted molar refractivity (Wildman–Crippen MR) is 107 cm³/mol. The van der Waals surface area contributed by atoms with E-state index in [1.165, 1.54) is 37.5 Å². The number of pyridine rings is 1. The minimum atomic E-state index is -4.87. The van der Waals surface area contributed by atoms with E-state index in [9.17, 15) is 31.2 Å². The highest BCUT2D eigenvalue weighted by molar-refractivity contribution is 7.90. The first-order valence-electron chi connectivity index (χ1n) is 8.98. The molecule has 14 heteroatoms. The second-order valence-corrected chi connectivity index (χ2v) is 8.72. The number of ether oxygens (including phenoxy) is 1. The topological polar surface area (TPSA) is 112 Å². The Kier molecular flexibility index (Phi) is 6.27. The van der Waals surface area contributed by atoms with Crippen LogP contribution in [0, 0.1) is 0 Å². The SMILES string of the molecule is CN(C)S(=O)(=O)Nc1cnccc1CN1CC(=O)N(c2ccc(OC(F)(F)F)cc2)C1=O. The Morgan fingerprint density at radius 1 is 1.16 bits per heavy atom. The predicted octanol–water partition coefficient (Wildman–Crippen LogP) is 2.17. The lowest BCUT2D eigenvalue weighted by Crippen LogP contribution is -2.33. The number of amides is 3. The van der Waals surface area contributed by atoms with Crippen molar-refractivity contribution < 1.29 is 35.9 Å². The first kappa shape index (κ1) is 23.3. The molecule has 1 aromatic carbocycles. The van der Waals surface area contributed by atoms with Gasteiger partial charge in [-0.3, -0.25) is 14.5 Å². The van der Waals surface area contributed by atoms with Gasteiger partial charge in [0.15, 0.2) is 0 Å². The number of anilines is 2. The number of nitrogens with one attached hydrogen (secondary N) is 1. The molecule has 1 saturated heterocycles. The third-order valence-electron chi connectivity index (χ3n) is 4.36. The van der Waals surface area contributed by atoms with Crippen LogP contribution in [-0.4, -0.2) is 61.5 Å². The number of alkyl halides is 3. The Labute approximate surface area is 181 Å². The summed E-state index contributed by atoms with van der Waals surface area (Å²) in [5.74, 6) is -1.09. The van der Waals surface area contributed by atoms with E-state index >= 15 is 0 Å². The van der Waals surface area contributed by atoms with Crippen molar-refractivity contribution in [1.82, 2.24) is 14.2 Å². The molecule has 0 spiro atoms. The molecule has 32 heavy (non-hydrogen) atoms. The largest absolute Gasteiger partial charge is 0.573 e. The maximum Gasteiger partial charge on any atom is 0.573 e. The molecule has 0 aliphatic carbocycles. The van der Waals surface area contributed by atoms with E-state index < -0.39 is 34.3 Å². The molecule has 172 valence electrons. The first-order valence-corrected chi connectivity index (χ1v) is 10.4. The molecular formula is C18H18F3N5O5S. The van der Waals surface area contributed by atoms with Crippen LogP contribution in [0.25, 0.3) is 0 Å². The van der Waals surface area contributed by atoms with Crippen molar-refractivity contribution in [3.05, 3.63) is 48.3 Å². The number of benzene rings is 1. The molecule has 0 unspecified atom stereocenters. The number of carbonyl (C=O) groups excluding carboxylic acids is 2. The molecule has 1 fully saturated rings. The minimum Gasteiger partial charge on any atom is -0.406 e. The first-order chi connectivity index (χ1) is 14.9. The number of rotatable bonds is 7. The van der Waals surface area contributed by atoms with Crippen molar-refractivity contribution in [2.75, 3.05) is 30.3 Å². The van der Waals surface area contributed by atoms with Gasteiger partial charge in [-0.05, 0) is 35.9 Å². The number of nitrogens with zero attached hydrogens (tertiary/aromatic N) is 4. The number of hydrogen-bond acceptors (Lipinski definition) is 6. The third kappa shape index (κ3) is 5.26. The van der Waals surface area contributed by atoms with Crippen LogP contribution in [0.5, 0.6) is 5.75 Å². The van der Waals surface area contributed by atoms with E-state index in [0.29, 0.717) is 5.56 Å². The fourth-order valence-electron chi connectivity index (χ4n) is 2.81. The summed E-state index contributed by atoms with van der Waals surface area (Å²) >= 11 is 0. The van der Waals surface area contributed by atoms with Crippen molar-refractivity contribution in [2.45, 2.75) is 12.9 Å². The molecule has 10 nitrogen and oxygen atoms in total. The van der Waals surface area contributed by atoms with Crippen LogP contribution in [0.3, 0.4) is 0 Å². The van der Waals surface area contributed by atoms with Crippen LogP contribution in [-0.2, 0) is 21.5 Å². The second-order valence-electron chi connectivity index (χ2n) is 6.83.